The molecule has 6 heteroatoms. The Morgan fingerprint density at radius 3 is 3.10 bits per heavy atom. The van der Waals surface area contributed by atoms with Crippen molar-refractivity contribution in [2.24, 2.45) is 0 Å². The van der Waals surface area contributed by atoms with Gasteiger partial charge in [0.05, 0.1) is 17.9 Å². The molecule has 0 aliphatic carbocycles. The highest BCUT2D eigenvalue weighted by atomic mass is 32.1. The van der Waals surface area contributed by atoms with E-state index in [1.165, 1.54) is 11.3 Å². The molecule has 1 amide bonds. The van der Waals surface area contributed by atoms with Crippen molar-refractivity contribution in [1.29, 1.82) is 0 Å². The molecule has 0 saturated carbocycles. The molecule has 1 aliphatic heterocycles. The fraction of sp³-hybridized carbons (Fsp3) is 0.286. The molecule has 1 aliphatic rings. The highest BCUT2D eigenvalue weighted by Crippen LogP contribution is 2.36. The lowest BCUT2D eigenvalue weighted by Crippen LogP contribution is -2.37. The van der Waals surface area contributed by atoms with Gasteiger partial charge in [-0.1, -0.05) is 6.92 Å². The summed E-state index contributed by atoms with van der Waals surface area (Å²) in [5.41, 5.74) is 8.25. The van der Waals surface area contributed by atoms with Gasteiger partial charge in [-0.05, 0) is 18.2 Å². The lowest BCUT2D eigenvalue weighted by molar-refractivity contribution is -0.118. The Kier molecular flexibility index (Phi) is 3.31. The molecule has 20 heavy (non-hydrogen) atoms. The first kappa shape index (κ1) is 12.9. The Morgan fingerprint density at radius 1 is 1.55 bits per heavy atom. The molecule has 0 spiro atoms. The average Bonchev–Trinajstić information content (AvgIpc) is 2.92. The molecule has 0 bridgehead atoms. The van der Waals surface area contributed by atoms with Crippen LogP contribution >= 0.6 is 11.3 Å². The lowest BCUT2D eigenvalue weighted by atomic mass is 10.1. The zero-order chi connectivity index (χ0) is 14.1. The molecule has 2 N–H and O–H groups in total. The highest BCUT2D eigenvalue weighted by Gasteiger charge is 2.23. The predicted molar refractivity (Wildman–Crippen MR) is 80.1 cm³/mol. The van der Waals surface area contributed by atoms with Crippen molar-refractivity contribution in [3.63, 3.8) is 0 Å². The van der Waals surface area contributed by atoms with Gasteiger partial charge < -0.3 is 15.4 Å². The first-order chi connectivity index (χ1) is 9.69. The third-order valence-electron chi connectivity index (χ3n) is 3.24. The van der Waals surface area contributed by atoms with E-state index in [4.69, 9.17) is 10.5 Å². The SMILES string of the molecule is CCC(=O)N1CCOc2ccc(-c3csc(N)n3)cc21. The number of anilines is 2. The average molecular weight is 289 g/mol. The number of ether oxygens (including phenoxy) is 1. The molecule has 0 atom stereocenters. The monoisotopic (exact) mass is 289 g/mol. The minimum Gasteiger partial charge on any atom is -0.490 e. The second kappa shape index (κ2) is 5.13. The molecule has 0 unspecified atom stereocenters. The number of rotatable bonds is 2. The van der Waals surface area contributed by atoms with E-state index in [0.717, 1.165) is 22.7 Å². The number of carbonyl (C=O) groups excluding carboxylic acids is 1. The quantitative estimate of drug-likeness (QED) is 0.922. The first-order valence-corrected chi connectivity index (χ1v) is 7.35. The number of benzene rings is 1. The van der Waals surface area contributed by atoms with E-state index >= 15 is 0 Å². The van der Waals surface area contributed by atoms with Crippen LogP contribution in [0.1, 0.15) is 13.3 Å². The van der Waals surface area contributed by atoms with Crippen molar-refractivity contribution >= 4 is 28.1 Å². The van der Waals surface area contributed by atoms with E-state index in [9.17, 15) is 4.79 Å². The highest BCUT2D eigenvalue weighted by molar-refractivity contribution is 7.13. The Balaban J connectivity index is 2.03. The number of carbonyl (C=O) groups is 1. The van der Waals surface area contributed by atoms with Crippen LogP contribution in [-0.2, 0) is 4.79 Å². The van der Waals surface area contributed by atoms with Gasteiger partial charge in [0.15, 0.2) is 5.13 Å². The summed E-state index contributed by atoms with van der Waals surface area (Å²) < 4.78 is 5.61. The molecule has 5 nitrogen and oxygen atoms in total. The minimum absolute atomic E-state index is 0.101. The summed E-state index contributed by atoms with van der Waals surface area (Å²) in [6.07, 6.45) is 0.479. The summed E-state index contributed by atoms with van der Waals surface area (Å²) in [6.45, 7) is 2.98. The minimum atomic E-state index is 0.101. The smallest absolute Gasteiger partial charge is 0.226 e. The summed E-state index contributed by atoms with van der Waals surface area (Å²) in [4.78, 5) is 18.1. The fourth-order valence-electron chi connectivity index (χ4n) is 2.25. The largest absolute Gasteiger partial charge is 0.490 e. The molecule has 1 aromatic heterocycles. The van der Waals surface area contributed by atoms with Crippen molar-refractivity contribution in [1.82, 2.24) is 4.98 Å². The molecular formula is C14H15N3O2S. The van der Waals surface area contributed by atoms with Gasteiger partial charge in [0.2, 0.25) is 5.91 Å². The molecule has 2 aromatic rings. The number of nitrogen functional groups attached to an aromatic ring is 1. The standard InChI is InChI=1S/C14H15N3O2S/c1-2-13(18)17-5-6-19-12-4-3-9(7-11(12)17)10-8-20-14(15)16-10/h3-4,7-8H,2,5-6H2,1H3,(H2,15,16). The third-order valence-corrected chi connectivity index (χ3v) is 3.92. The van der Waals surface area contributed by atoms with Crippen LogP contribution in [0.25, 0.3) is 11.3 Å². The molecule has 0 fully saturated rings. The van der Waals surface area contributed by atoms with E-state index < -0.39 is 0 Å². The zero-order valence-corrected chi connectivity index (χ0v) is 11.9. The van der Waals surface area contributed by atoms with Gasteiger partial charge in [-0.25, -0.2) is 4.98 Å². The second-order valence-electron chi connectivity index (χ2n) is 4.50. The summed E-state index contributed by atoms with van der Waals surface area (Å²) in [6, 6.07) is 5.76. The van der Waals surface area contributed by atoms with Gasteiger partial charge in [-0.15, -0.1) is 11.3 Å². The summed E-state index contributed by atoms with van der Waals surface area (Å²) >= 11 is 1.40. The maximum absolute atomic E-state index is 12.0. The fourth-order valence-corrected chi connectivity index (χ4v) is 2.82. The van der Waals surface area contributed by atoms with E-state index in [2.05, 4.69) is 4.98 Å². The van der Waals surface area contributed by atoms with Crippen molar-refractivity contribution < 1.29 is 9.53 Å². The van der Waals surface area contributed by atoms with Gasteiger partial charge >= 0.3 is 0 Å². The maximum atomic E-state index is 12.0. The Labute approximate surface area is 121 Å². The third kappa shape index (κ3) is 2.22. The van der Waals surface area contributed by atoms with Crippen LogP contribution < -0.4 is 15.4 Å². The van der Waals surface area contributed by atoms with Gasteiger partial charge in [0.1, 0.15) is 12.4 Å². The van der Waals surface area contributed by atoms with Crippen LogP contribution in [-0.4, -0.2) is 24.0 Å². The molecule has 0 saturated heterocycles. The Hall–Kier alpha value is -2.08. The van der Waals surface area contributed by atoms with E-state index in [-0.39, 0.29) is 5.91 Å². The summed E-state index contributed by atoms with van der Waals surface area (Å²) in [5, 5.41) is 2.45. The van der Waals surface area contributed by atoms with E-state index in [0.29, 0.717) is 24.7 Å². The van der Waals surface area contributed by atoms with Crippen LogP contribution in [0.3, 0.4) is 0 Å². The van der Waals surface area contributed by atoms with Crippen molar-refractivity contribution in [2.45, 2.75) is 13.3 Å². The molecule has 3 rings (SSSR count). The van der Waals surface area contributed by atoms with Gasteiger partial charge in [-0.3, -0.25) is 4.79 Å². The summed E-state index contributed by atoms with van der Waals surface area (Å²) in [7, 11) is 0. The van der Waals surface area contributed by atoms with Crippen LogP contribution in [0.5, 0.6) is 5.75 Å². The van der Waals surface area contributed by atoms with Gasteiger partial charge in [0.25, 0.3) is 0 Å². The number of nitrogens with two attached hydrogens (primary N) is 1. The number of nitrogens with zero attached hydrogens (tertiary/aromatic N) is 2. The number of thiazole rings is 1. The molecule has 1 aromatic carbocycles. The number of aromatic nitrogens is 1. The normalized spacial score (nSPS) is 13.8. The molecule has 104 valence electrons. The van der Waals surface area contributed by atoms with E-state index in [1.54, 1.807) is 4.90 Å². The Morgan fingerprint density at radius 2 is 2.40 bits per heavy atom. The van der Waals surface area contributed by atoms with Crippen molar-refractivity contribution in [3.05, 3.63) is 23.6 Å². The van der Waals surface area contributed by atoms with Crippen molar-refractivity contribution in [2.75, 3.05) is 23.8 Å². The maximum Gasteiger partial charge on any atom is 0.226 e. The van der Waals surface area contributed by atoms with Crippen LogP contribution in [0.15, 0.2) is 23.6 Å². The number of amides is 1. The molecular weight excluding hydrogens is 274 g/mol. The summed E-state index contributed by atoms with van der Waals surface area (Å²) in [5.74, 6) is 0.842. The predicted octanol–water partition coefficient (Wildman–Crippen LogP) is 2.53. The van der Waals surface area contributed by atoms with Crippen LogP contribution in [0, 0.1) is 0 Å². The van der Waals surface area contributed by atoms with Crippen molar-refractivity contribution in [3.8, 4) is 17.0 Å². The number of fused-ring (bicyclic) bond motifs is 1. The zero-order valence-electron chi connectivity index (χ0n) is 11.1. The second-order valence-corrected chi connectivity index (χ2v) is 5.39. The van der Waals surface area contributed by atoms with Gasteiger partial charge in [0, 0.05) is 17.4 Å². The lowest BCUT2D eigenvalue weighted by Gasteiger charge is -2.29. The van der Waals surface area contributed by atoms with Crippen LogP contribution in [0.2, 0.25) is 0 Å². The topological polar surface area (TPSA) is 68.5 Å². The first-order valence-electron chi connectivity index (χ1n) is 6.47. The number of hydrogen-bond acceptors (Lipinski definition) is 5. The van der Waals surface area contributed by atoms with E-state index in [1.807, 2.05) is 30.5 Å². The Bertz CT molecular complexity index is 654. The van der Waals surface area contributed by atoms with Gasteiger partial charge in [-0.2, -0.15) is 0 Å². The van der Waals surface area contributed by atoms with Crippen LogP contribution in [0.4, 0.5) is 10.8 Å². The molecule has 2 heterocycles. The molecule has 0 radical (unpaired) electrons. The number of hydrogen-bond donors (Lipinski definition) is 1.